The quantitative estimate of drug-likeness (QED) is 0.653. The van der Waals surface area contributed by atoms with Gasteiger partial charge in [-0.05, 0) is 66.6 Å². The van der Waals surface area contributed by atoms with E-state index < -0.39 is 11.7 Å². The molecule has 0 bridgehead atoms. The number of hydrogen-bond acceptors (Lipinski definition) is 1. The van der Waals surface area contributed by atoms with Crippen molar-refractivity contribution in [1.82, 2.24) is 0 Å². The number of aryl methyl sites for hydroxylation is 1. The Morgan fingerprint density at radius 1 is 0.846 bits per heavy atom. The first-order valence-electron chi connectivity index (χ1n) is 8.44. The van der Waals surface area contributed by atoms with Gasteiger partial charge < -0.3 is 4.74 Å². The summed E-state index contributed by atoms with van der Waals surface area (Å²) in [5, 5.41) is 0. The second-order valence-electron chi connectivity index (χ2n) is 5.66. The van der Waals surface area contributed by atoms with Gasteiger partial charge in [0.1, 0.15) is 5.75 Å². The van der Waals surface area contributed by atoms with Gasteiger partial charge in [0.15, 0.2) is 0 Å². The molecule has 0 heterocycles. The predicted octanol–water partition coefficient (Wildman–Crippen LogP) is 5.59. The van der Waals surface area contributed by atoms with Gasteiger partial charge in [0, 0.05) is 11.1 Å². The normalized spacial score (nSPS) is 10.8. The zero-order valence-electron chi connectivity index (χ0n) is 14.9. The van der Waals surface area contributed by atoms with Crippen molar-refractivity contribution in [3.63, 3.8) is 0 Å². The number of benzene rings is 2. The lowest BCUT2D eigenvalue weighted by Gasteiger charge is -1.99. The van der Waals surface area contributed by atoms with Crippen molar-refractivity contribution in [3.05, 3.63) is 76.9 Å². The summed E-state index contributed by atoms with van der Waals surface area (Å²) in [6, 6.07) is 14.3. The van der Waals surface area contributed by atoms with Crippen molar-refractivity contribution in [2.75, 3.05) is 7.11 Å². The van der Waals surface area contributed by atoms with E-state index in [0.717, 1.165) is 19.3 Å². The lowest BCUT2D eigenvalue weighted by atomic mass is 10.1. The van der Waals surface area contributed by atoms with E-state index in [0.29, 0.717) is 16.9 Å². The van der Waals surface area contributed by atoms with E-state index in [4.69, 9.17) is 4.74 Å². The molecule has 0 atom stereocenters. The summed E-state index contributed by atoms with van der Waals surface area (Å²) in [5.74, 6) is 7.83. The smallest absolute Gasteiger partial charge is 0.217 e. The van der Waals surface area contributed by atoms with E-state index >= 15 is 0 Å². The van der Waals surface area contributed by atoms with E-state index in [2.05, 4.69) is 30.6 Å². The standard InChI is InChI=1S/C23H20F2O/c1-3-4-5-18-6-8-19(9-7-18)12-16-22(24)23(25)17-13-20-10-14-21(26-2)15-11-20/h6-11,14-15H,3-5H2,1-2H3. The Bertz CT molecular complexity index is 870. The van der Waals surface area contributed by atoms with E-state index in [1.807, 2.05) is 24.3 Å². The molecule has 2 aromatic rings. The van der Waals surface area contributed by atoms with Gasteiger partial charge in [-0.1, -0.05) is 37.3 Å². The molecule has 0 fully saturated rings. The van der Waals surface area contributed by atoms with Crippen LogP contribution in [0.4, 0.5) is 8.78 Å². The minimum absolute atomic E-state index is 0.560. The molecule has 132 valence electrons. The first-order chi connectivity index (χ1) is 12.6. The number of halogens is 2. The van der Waals surface area contributed by atoms with Gasteiger partial charge in [0.05, 0.1) is 7.11 Å². The average Bonchev–Trinajstić information content (AvgIpc) is 2.69. The maximum atomic E-state index is 13.8. The number of ether oxygens (including phenoxy) is 1. The first kappa shape index (κ1) is 19.3. The third-order valence-electron chi connectivity index (χ3n) is 3.69. The Labute approximate surface area is 153 Å². The lowest BCUT2D eigenvalue weighted by Crippen LogP contribution is -1.84. The third-order valence-corrected chi connectivity index (χ3v) is 3.69. The molecule has 0 N–H and O–H groups in total. The summed E-state index contributed by atoms with van der Waals surface area (Å²) in [4.78, 5) is 0. The fraction of sp³-hybridized carbons (Fsp3) is 0.217. The molecule has 0 radical (unpaired) electrons. The van der Waals surface area contributed by atoms with Crippen LogP contribution in [0.5, 0.6) is 5.75 Å². The molecule has 2 aromatic carbocycles. The van der Waals surface area contributed by atoms with Gasteiger partial charge in [0.2, 0.25) is 11.7 Å². The van der Waals surface area contributed by atoms with Crippen LogP contribution in [-0.4, -0.2) is 7.11 Å². The zero-order valence-corrected chi connectivity index (χ0v) is 14.9. The van der Waals surface area contributed by atoms with E-state index in [9.17, 15) is 8.78 Å². The van der Waals surface area contributed by atoms with Crippen LogP contribution in [0.3, 0.4) is 0 Å². The number of hydrogen-bond donors (Lipinski definition) is 0. The summed E-state index contributed by atoms with van der Waals surface area (Å²) < 4.78 is 32.5. The van der Waals surface area contributed by atoms with Gasteiger partial charge in [-0.2, -0.15) is 8.78 Å². The van der Waals surface area contributed by atoms with Crippen LogP contribution >= 0.6 is 0 Å². The van der Waals surface area contributed by atoms with Crippen LogP contribution in [0, 0.1) is 23.7 Å². The van der Waals surface area contributed by atoms with Gasteiger partial charge in [-0.25, -0.2) is 0 Å². The fourth-order valence-electron chi connectivity index (χ4n) is 2.17. The van der Waals surface area contributed by atoms with Crippen LogP contribution in [0.1, 0.15) is 36.5 Å². The second kappa shape index (κ2) is 10.1. The highest BCUT2D eigenvalue weighted by Gasteiger charge is 1.99. The zero-order chi connectivity index (χ0) is 18.8. The summed E-state index contributed by atoms with van der Waals surface area (Å²) in [5.41, 5.74) is 2.41. The van der Waals surface area contributed by atoms with Gasteiger partial charge in [0.25, 0.3) is 0 Å². The van der Waals surface area contributed by atoms with E-state index in [-0.39, 0.29) is 0 Å². The van der Waals surface area contributed by atoms with Gasteiger partial charge >= 0.3 is 0 Å². The molecule has 0 aromatic heterocycles. The van der Waals surface area contributed by atoms with Crippen LogP contribution in [-0.2, 0) is 6.42 Å². The fourth-order valence-corrected chi connectivity index (χ4v) is 2.17. The predicted molar refractivity (Wildman–Crippen MR) is 101 cm³/mol. The monoisotopic (exact) mass is 350 g/mol. The minimum atomic E-state index is -1.17. The maximum absolute atomic E-state index is 13.8. The number of rotatable bonds is 4. The molecule has 0 unspecified atom stereocenters. The Morgan fingerprint density at radius 2 is 1.35 bits per heavy atom. The minimum Gasteiger partial charge on any atom is -0.497 e. The van der Waals surface area contributed by atoms with Crippen LogP contribution < -0.4 is 4.74 Å². The summed E-state index contributed by atoms with van der Waals surface area (Å²) >= 11 is 0. The molecule has 3 heteroatoms. The molecule has 0 amide bonds. The highest BCUT2D eigenvalue weighted by molar-refractivity contribution is 5.46. The Hall–Kier alpha value is -3.04. The van der Waals surface area contributed by atoms with Crippen LogP contribution in [0.25, 0.3) is 0 Å². The third kappa shape index (κ3) is 6.11. The summed E-state index contributed by atoms with van der Waals surface area (Å²) in [7, 11) is 1.55. The molecule has 0 saturated heterocycles. The highest BCUT2D eigenvalue weighted by atomic mass is 19.2. The van der Waals surface area contributed by atoms with Crippen LogP contribution in [0.2, 0.25) is 0 Å². The van der Waals surface area contributed by atoms with Gasteiger partial charge in [-0.3, -0.25) is 0 Å². The number of allylic oxidation sites excluding steroid dienone is 2. The Kier molecular flexibility index (Phi) is 7.47. The second-order valence-corrected chi connectivity index (χ2v) is 5.66. The molecule has 1 nitrogen and oxygen atoms in total. The molecule has 0 aliphatic heterocycles. The maximum Gasteiger partial charge on any atom is 0.217 e. The largest absolute Gasteiger partial charge is 0.497 e. The van der Waals surface area contributed by atoms with Crippen molar-refractivity contribution >= 4 is 0 Å². The SMILES string of the molecule is CCCCc1ccc(C#CC(F)=C(F)C#Cc2ccc(OC)cc2)cc1. The van der Waals surface area contributed by atoms with Crippen molar-refractivity contribution in [3.8, 4) is 29.4 Å². The van der Waals surface area contributed by atoms with Gasteiger partial charge in [-0.15, -0.1) is 0 Å². The molecule has 26 heavy (non-hydrogen) atoms. The van der Waals surface area contributed by atoms with Crippen molar-refractivity contribution in [2.45, 2.75) is 26.2 Å². The lowest BCUT2D eigenvalue weighted by molar-refractivity contribution is 0.415. The summed E-state index contributed by atoms with van der Waals surface area (Å²) in [6.45, 7) is 2.14. The van der Waals surface area contributed by atoms with E-state index in [1.165, 1.54) is 5.56 Å². The Morgan fingerprint density at radius 3 is 1.81 bits per heavy atom. The van der Waals surface area contributed by atoms with Crippen molar-refractivity contribution in [2.24, 2.45) is 0 Å². The number of methoxy groups -OCH3 is 1. The molecule has 0 saturated carbocycles. The van der Waals surface area contributed by atoms with E-state index in [1.54, 1.807) is 31.4 Å². The first-order valence-corrected chi connectivity index (χ1v) is 8.44. The molecular weight excluding hydrogens is 330 g/mol. The molecular formula is C23H20F2O. The molecule has 2 rings (SSSR count). The summed E-state index contributed by atoms with van der Waals surface area (Å²) in [6.07, 6.45) is 3.27. The average molecular weight is 350 g/mol. The highest BCUT2D eigenvalue weighted by Crippen LogP contribution is 2.12. The topological polar surface area (TPSA) is 9.23 Å². The molecule has 0 aliphatic rings. The molecule has 0 spiro atoms. The van der Waals surface area contributed by atoms with Crippen molar-refractivity contribution < 1.29 is 13.5 Å². The molecule has 0 aliphatic carbocycles. The van der Waals surface area contributed by atoms with Crippen molar-refractivity contribution in [1.29, 1.82) is 0 Å². The Balaban J connectivity index is 2.06. The number of unbranched alkanes of at least 4 members (excludes halogenated alkanes) is 1. The van der Waals surface area contributed by atoms with Crippen LogP contribution in [0.15, 0.2) is 60.2 Å².